The number of carbonyl (C=O) groups excluding carboxylic acids is 1. The highest BCUT2D eigenvalue weighted by Gasteiger charge is 2.40. The van der Waals surface area contributed by atoms with E-state index in [2.05, 4.69) is 4.90 Å². The van der Waals surface area contributed by atoms with E-state index in [1.165, 1.54) is 19.3 Å². The fourth-order valence-electron chi connectivity index (χ4n) is 3.29. The lowest BCUT2D eigenvalue weighted by Crippen LogP contribution is -2.50. The van der Waals surface area contributed by atoms with E-state index in [1.807, 2.05) is 4.90 Å². The Balaban J connectivity index is 1.46. The highest BCUT2D eigenvalue weighted by atomic mass is 16.7. The van der Waals surface area contributed by atoms with Gasteiger partial charge in [0.15, 0.2) is 5.79 Å². The Morgan fingerprint density at radius 2 is 1.58 bits per heavy atom. The highest BCUT2D eigenvalue weighted by Crippen LogP contribution is 2.31. The van der Waals surface area contributed by atoms with Crippen LogP contribution in [0.5, 0.6) is 0 Å². The lowest BCUT2D eigenvalue weighted by Gasteiger charge is -2.38. The summed E-state index contributed by atoms with van der Waals surface area (Å²) in [5, 5.41) is 0. The largest absolute Gasteiger partial charge is 0.347 e. The quantitative estimate of drug-likeness (QED) is 0.744. The van der Waals surface area contributed by atoms with E-state index in [0.29, 0.717) is 19.8 Å². The van der Waals surface area contributed by atoms with Crippen molar-refractivity contribution < 1.29 is 14.3 Å². The minimum atomic E-state index is -0.373. The lowest BCUT2D eigenvalue weighted by atomic mass is 10.0. The van der Waals surface area contributed by atoms with E-state index in [-0.39, 0.29) is 11.7 Å². The van der Waals surface area contributed by atoms with Gasteiger partial charge in [0.1, 0.15) is 0 Å². The summed E-state index contributed by atoms with van der Waals surface area (Å²) in [6, 6.07) is 0. The molecule has 1 amide bonds. The number of piperidine rings is 2. The van der Waals surface area contributed by atoms with Crippen molar-refractivity contribution in [3.8, 4) is 0 Å². The molecule has 3 rings (SSSR count). The van der Waals surface area contributed by atoms with E-state index >= 15 is 0 Å². The molecule has 3 saturated heterocycles. The normalized spacial score (nSPS) is 27.9. The van der Waals surface area contributed by atoms with Gasteiger partial charge in [0, 0.05) is 25.9 Å². The summed E-state index contributed by atoms with van der Waals surface area (Å²) < 4.78 is 11.4. The Morgan fingerprint density at radius 3 is 2.21 bits per heavy atom. The topological polar surface area (TPSA) is 42.0 Å². The Bertz CT molecular complexity index is 313. The van der Waals surface area contributed by atoms with Gasteiger partial charge < -0.3 is 14.4 Å². The van der Waals surface area contributed by atoms with Crippen LogP contribution >= 0.6 is 0 Å². The van der Waals surface area contributed by atoms with Crippen LogP contribution in [0.25, 0.3) is 0 Å². The predicted molar refractivity (Wildman–Crippen MR) is 70.7 cm³/mol. The zero-order valence-corrected chi connectivity index (χ0v) is 11.6. The van der Waals surface area contributed by atoms with Crippen LogP contribution in [0.2, 0.25) is 0 Å². The van der Waals surface area contributed by atoms with Crippen molar-refractivity contribution in [2.24, 2.45) is 0 Å². The first kappa shape index (κ1) is 13.3. The van der Waals surface area contributed by atoms with Crippen molar-refractivity contribution in [2.45, 2.75) is 37.9 Å². The van der Waals surface area contributed by atoms with E-state index < -0.39 is 0 Å². The van der Waals surface area contributed by atoms with Crippen LogP contribution in [0.15, 0.2) is 0 Å². The summed E-state index contributed by atoms with van der Waals surface area (Å²) in [6.45, 7) is 5.68. The molecule has 3 fully saturated rings. The molecule has 0 aromatic carbocycles. The molecule has 5 nitrogen and oxygen atoms in total. The second kappa shape index (κ2) is 5.77. The lowest BCUT2D eigenvalue weighted by molar-refractivity contribution is -0.187. The van der Waals surface area contributed by atoms with Crippen LogP contribution in [0.1, 0.15) is 32.1 Å². The molecule has 19 heavy (non-hydrogen) atoms. The smallest absolute Gasteiger partial charge is 0.236 e. The number of ether oxygens (including phenoxy) is 2. The van der Waals surface area contributed by atoms with Crippen molar-refractivity contribution in [1.29, 1.82) is 0 Å². The number of likely N-dealkylation sites (tertiary alicyclic amines) is 2. The van der Waals surface area contributed by atoms with Crippen LogP contribution in [-0.4, -0.2) is 67.4 Å². The third-order valence-corrected chi connectivity index (χ3v) is 4.50. The molecule has 3 aliphatic heterocycles. The number of hydrogen-bond acceptors (Lipinski definition) is 4. The van der Waals surface area contributed by atoms with Gasteiger partial charge in [-0.3, -0.25) is 9.69 Å². The third-order valence-electron chi connectivity index (χ3n) is 4.50. The third kappa shape index (κ3) is 3.09. The molecule has 5 heteroatoms. The SMILES string of the molecule is O=C(CN1CCCCC1)N1CCC2(CC1)OCCO2. The van der Waals surface area contributed by atoms with Crippen LogP contribution in [0.4, 0.5) is 0 Å². The summed E-state index contributed by atoms with van der Waals surface area (Å²) in [7, 11) is 0. The first-order valence-electron chi connectivity index (χ1n) is 7.56. The van der Waals surface area contributed by atoms with Crippen LogP contribution < -0.4 is 0 Å². The first-order valence-corrected chi connectivity index (χ1v) is 7.56. The summed E-state index contributed by atoms with van der Waals surface area (Å²) >= 11 is 0. The summed E-state index contributed by atoms with van der Waals surface area (Å²) in [5.74, 6) is -0.100. The van der Waals surface area contributed by atoms with Crippen LogP contribution in [-0.2, 0) is 14.3 Å². The minimum Gasteiger partial charge on any atom is -0.347 e. The number of rotatable bonds is 2. The van der Waals surface area contributed by atoms with Gasteiger partial charge in [-0.25, -0.2) is 0 Å². The van der Waals surface area contributed by atoms with Gasteiger partial charge >= 0.3 is 0 Å². The maximum Gasteiger partial charge on any atom is 0.236 e. The predicted octanol–water partition coefficient (Wildman–Crippen LogP) is 0.838. The Hall–Kier alpha value is -0.650. The van der Waals surface area contributed by atoms with Crippen LogP contribution in [0.3, 0.4) is 0 Å². The molecule has 0 atom stereocenters. The molecule has 0 saturated carbocycles. The molecule has 1 spiro atoms. The standard InChI is InChI=1S/C14H24N2O3/c17-13(12-15-6-2-1-3-7-15)16-8-4-14(5-9-16)18-10-11-19-14/h1-12H2. The fraction of sp³-hybridized carbons (Fsp3) is 0.929. The second-order valence-corrected chi connectivity index (χ2v) is 5.83. The first-order chi connectivity index (χ1) is 9.27. The second-order valence-electron chi connectivity index (χ2n) is 5.83. The Morgan fingerprint density at radius 1 is 0.947 bits per heavy atom. The Kier molecular flexibility index (Phi) is 4.05. The maximum atomic E-state index is 12.3. The molecular weight excluding hydrogens is 244 g/mol. The minimum absolute atomic E-state index is 0.273. The van der Waals surface area contributed by atoms with Crippen molar-refractivity contribution in [1.82, 2.24) is 9.80 Å². The highest BCUT2D eigenvalue weighted by molar-refractivity contribution is 5.78. The molecule has 0 aliphatic carbocycles. The summed E-state index contributed by atoms with van der Waals surface area (Å²) in [4.78, 5) is 16.5. The molecule has 0 N–H and O–H groups in total. The van der Waals surface area contributed by atoms with Gasteiger partial charge in [0.2, 0.25) is 5.91 Å². The molecule has 0 bridgehead atoms. The average molecular weight is 268 g/mol. The van der Waals surface area contributed by atoms with Crippen molar-refractivity contribution in [3.63, 3.8) is 0 Å². The molecule has 0 radical (unpaired) electrons. The van der Waals surface area contributed by atoms with Gasteiger partial charge in [-0.15, -0.1) is 0 Å². The maximum absolute atomic E-state index is 12.3. The monoisotopic (exact) mass is 268 g/mol. The van der Waals surface area contributed by atoms with Gasteiger partial charge in [0.25, 0.3) is 0 Å². The van der Waals surface area contributed by atoms with Gasteiger partial charge in [-0.1, -0.05) is 6.42 Å². The van der Waals surface area contributed by atoms with Gasteiger partial charge in [-0.05, 0) is 25.9 Å². The zero-order chi connectivity index (χ0) is 13.1. The molecule has 0 aromatic rings. The zero-order valence-electron chi connectivity index (χ0n) is 11.6. The van der Waals surface area contributed by atoms with Gasteiger partial charge in [-0.2, -0.15) is 0 Å². The molecule has 3 heterocycles. The summed E-state index contributed by atoms with van der Waals surface area (Å²) in [6.07, 6.45) is 5.42. The number of hydrogen-bond donors (Lipinski definition) is 0. The van der Waals surface area contributed by atoms with Crippen LogP contribution in [0, 0.1) is 0 Å². The molecular formula is C14H24N2O3. The number of carbonyl (C=O) groups is 1. The summed E-state index contributed by atoms with van der Waals surface area (Å²) in [5.41, 5.74) is 0. The van der Waals surface area contributed by atoms with Crippen molar-refractivity contribution >= 4 is 5.91 Å². The van der Waals surface area contributed by atoms with E-state index in [0.717, 1.165) is 39.0 Å². The van der Waals surface area contributed by atoms with E-state index in [1.54, 1.807) is 0 Å². The molecule has 0 aromatic heterocycles. The molecule has 3 aliphatic rings. The van der Waals surface area contributed by atoms with Crippen molar-refractivity contribution in [2.75, 3.05) is 45.9 Å². The number of nitrogens with zero attached hydrogens (tertiary/aromatic N) is 2. The molecule has 0 unspecified atom stereocenters. The van der Waals surface area contributed by atoms with Crippen molar-refractivity contribution in [3.05, 3.63) is 0 Å². The average Bonchev–Trinajstić information content (AvgIpc) is 2.89. The number of amides is 1. The van der Waals surface area contributed by atoms with E-state index in [9.17, 15) is 4.79 Å². The fourth-order valence-corrected chi connectivity index (χ4v) is 3.29. The van der Waals surface area contributed by atoms with Gasteiger partial charge in [0.05, 0.1) is 19.8 Å². The molecule has 108 valence electrons. The van der Waals surface area contributed by atoms with E-state index in [4.69, 9.17) is 9.47 Å². The Labute approximate surface area is 114 Å².